The summed E-state index contributed by atoms with van der Waals surface area (Å²) in [4.78, 5) is 50.5. The second-order valence-corrected chi connectivity index (χ2v) is 13.3. The molecule has 0 spiro atoms. The number of nitrogens with one attached hydrogen (secondary N) is 1. The van der Waals surface area contributed by atoms with Crippen LogP contribution in [0.25, 0.3) is 11.1 Å². The van der Waals surface area contributed by atoms with Crippen LogP contribution in [0.15, 0.2) is 97.1 Å². The second-order valence-electron chi connectivity index (χ2n) is 13.3. The number of fused-ring (bicyclic) bond motifs is 1. The van der Waals surface area contributed by atoms with Gasteiger partial charge >= 0.3 is 0 Å². The van der Waals surface area contributed by atoms with Crippen LogP contribution in [0, 0.1) is 0 Å². The number of nitrogens with zero attached hydrogens (tertiary/aromatic N) is 1. The summed E-state index contributed by atoms with van der Waals surface area (Å²) in [5, 5.41) is 12.1. The number of aromatic hydroxyl groups is 1. The van der Waals surface area contributed by atoms with E-state index >= 15 is 0 Å². The number of benzene rings is 4. The van der Waals surface area contributed by atoms with Crippen LogP contribution in [0.2, 0.25) is 0 Å². The maximum absolute atomic E-state index is 13.0. The van der Waals surface area contributed by atoms with Gasteiger partial charge in [0.05, 0.1) is 24.3 Å². The molecule has 4 aromatic rings. The minimum absolute atomic E-state index is 0.0701. The van der Waals surface area contributed by atoms with Gasteiger partial charge in [0.2, 0.25) is 11.8 Å². The van der Waals surface area contributed by atoms with Crippen molar-refractivity contribution in [1.29, 1.82) is 0 Å². The lowest BCUT2D eigenvalue weighted by Crippen LogP contribution is -2.54. The fourth-order valence-electron chi connectivity index (χ4n) is 6.73. The van der Waals surface area contributed by atoms with Gasteiger partial charge in [0, 0.05) is 45.7 Å². The molecule has 1 unspecified atom stereocenters. The number of ether oxygens (including phenoxy) is 4. The molecule has 0 saturated carbocycles. The molecule has 2 aliphatic rings. The molecule has 286 valence electrons. The van der Waals surface area contributed by atoms with Gasteiger partial charge in [-0.15, -0.1) is 0 Å². The van der Waals surface area contributed by atoms with Crippen molar-refractivity contribution in [3.05, 3.63) is 125 Å². The number of phenolic OH excluding ortho intramolecular Hbond substituents is 1. The SMILES string of the molecule is CC/C(=C(\c1ccc(O)cc1)c1ccc(OCCCOCCCOCCCOc2ccc3c(c2)C(=O)N(C2CCC(=O)NC2=O)C3=O)cc1)c1ccccc1. The number of hydrogen-bond donors (Lipinski definition) is 2. The highest BCUT2D eigenvalue weighted by atomic mass is 16.5. The summed E-state index contributed by atoms with van der Waals surface area (Å²) in [6.45, 7) is 5.27. The Bertz CT molecular complexity index is 1990. The van der Waals surface area contributed by atoms with E-state index in [1.165, 1.54) is 23.3 Å². The molecule has 4 aromatic carbocycles. The largest absolute Gasteiger partial charge is 0.508 e. The lowest BCUT2D eigenvalue weighted by molar-refractivity contribution is -0.136. The normalized spacial score (nSPS) is 15.8. The van der Waals surface area contributed by atoms with Gasteiger partial charge < -0.3 is 24.1 Å². The van der Waals surface area contributed by atoms with Crippen LogP contribution in [0.4, 0.5) is 0 Å². The van der Waals surface area contributed by atoms with Crippen molar-refractivity contribution in [2.75, 3.05) is 39.6 Å². The van der Waals surface area contributed by atoms with Crippen molar-refractivity contribution in [3.63, 3.8) is 0 Å². The van der Waals surface area contributed by atoms with Gasteiger partial charge in [-0.05, 0) is 89.6 Å². The van der Waals surface area contributed by atoms with E-state index in [-0.39, 0.29) is 29.7 Å². The quantitative estimate of drug-likeness (QED) is 0.0601. The monoisotopic (exact) mass is 746 g/mol. The van der Waals surface area contributed by atoms with Crippen LogP contribution in [0.3, 0.4) is 0 Å². The molecule has 0 bridgehead atoms. The van der Waals surface area contributed by atoms with Gasteiger partial charge in [0.1, 0.15) is 23.3 Å². The number of phenols is 1. The smallest absolute Gasteiger partial charge is 0.262 e. The zero-order chi connectivity index (χ0) is 38.6. The molecule has 11 nitrogen and oxygen atoms in total. The second kappa shape index (κ2) is 19.0. The molecule has 4 amide bonds. The highest BCUT2D eigenvalue weighted by Gasteiger charge is 2.44. The predicted molar refractivity (Wildman–Crippen MR) is 207 cm³/mol. The highest BCUT2D eigenvalue weighted by molar-refractivity contribution is 6.23. The average molecular weight is 747 g/mol. The van der Waals surface area contributed by atoms with Gasteiger partial charge in [-0.1, -0.05) is 61.5 Å². The summed E-state index contributed by atoms with van der Waals surface area (Å²) in [5.74, 6) is -0.694. The minimum Gasteiger partial charge on any atom is -0.508 e. The lowest BCUT2D eigenvalue weighted by Gasteiger charge is -2.27. The Morgan fingerprint density at radius 2 is 1.24 bits per heavy atom. The number of piperidine rings is 1. The maximum atomic E-state index is 13.0. The predicted octanol–water partition coefficient (Wildman–Crippen LogP) is 6.82. The van der Waals surface area contributed by atoms with E-state index < -0.39 is 29.7 Å². The first-order chi connectivity index (χ1) is 26.8. The summed E-state index contributed by atoms with van der Waals surface area (Å²) < 4.78 is 23.2. The van der Waals surface area contributed by atoms with Crippen LogP contribution in [0.1, 0.15) is 82.9 Å². The van der Waals surface area contributed by atoms with Gasteiger partial charge in [0.25, 0.3) is 11.8 Å². The molecule has 1 saturated heterocycles. The molecule has 0 aliphatic carbocycles. The van der Waals surface area contributed by atoms with Crippen molar-refractivity contribution in [2.24, 2.45) is 0 Å². The standard InChI is InChI=1S/C44H46N2O9/c1-2-36(30-9-4-3-5-10-30)41(31-11-15-33(47)16-12-31)32-13-17-34(18-14-32)54-27-7-25-52-23-6-24-53-26-8-28-55-35-19-20-37-38(29-35)44(51)46(43(37)50)39-21-22-40(48)45-42(39)49/h3-5,9-20,29,39,47H,2,6-8,21-28H2,1H3,(H,45,48,49)/b41-36-. The number of carbonyl (C=O) groups is 4. The number of allylic oxidation sites excluding steroid dienone is 1. The Balaban J connectivity index is 0.845. The van der Waals surface area contributed by atoms with E-state index in [2.05, 4.69) is 36.5 Å². The van der Waals surface area contributed by atoms with Gasteiger partial charge in [-0.25, -0.2) is 0 Å². The fourth-order valence-corrected chi connectivity index (χ4v) is 6.73. The number of amides is 4. The fraction of sp³-hybridized carbons (Fsp3) is 0.318. The van der Waals surface area contributed by atoms with Gasteiger partial charge in [0.15, 0.2) is 0 Å². The summed E-state index contributed by atoms with van der Waals surface area (Å²) >= 11 is 0. The third kappa shape index (κ3) is 9.86. The third-order valence-electron chi connectivity index (χ3n) is 9.47. The molecule has 0 radical (unpaired) electrons. The average Bonchev–Trinajstić information content (AvgIpc) is 3.44. The summed E-state index contributed by atoms with van der Waals surface area (Å²) in [7, 11) is 0. The van der Waals surface area contributed by atoms with Gasteiger partial charge in [-0.3, -0.25) is 29.4 Å². The molecule has 0 aromatic heterocycles. The van der Waals surface area contributed by atoms with E-state index in [1.54, 1.807) is 18.2 Å². The molecule has 55 heavy (non-hydrogen) atoms. The maximum Gasteiger partial charge on any atom is 0.262 e. The van der Waals surface area contributed by atoms with Crippen molar-refractivity contribution < 1.29 is 43.2 Å². The summed E-state index contributed by atoms with van der Waals surface area (Å²) in [5.41, 5.74) is 6.04. The number of rotatable bonds is 19. The van der Waals surface area contributed by atoms with Crippen LogP contribution >= 0.6 is 0 Å². The Morgan fingerprint density at radius 1 is 0.673 bits per heavy atom. The first-order valence-corrected chi connectivity index (χ1v) is 18.8. The molecule has 1 atom stereocenters. The van der Waals surface area contributed by atoms with Crippen molar-refractivity contribution in [1.82, 2.24) is 10.2 Å². The van der Waals surface area contributed by atoms with Crippen LogP contribution in [-0.4, -0.2) is 79.3 Å². The summed E-state index contributed by atoms with van der Waals surface area (Å²) in [6, 6.07) is 29.5. The van der Waals surface area contributed by atoms with Crippen LogP contribution in [-0.2, 0) is 19.1 Å². The van der Waals surface area contributed by atoms with Crippen LogP contribution < -0.4 is 14.8 Å². The zero-order valence-electron chi connectivity index (χ0n) is 31.0. The van der Waals surface area contributed by atoms with E-state index in [0.29, 0.717) is 51.8 Å². The number of imide groups is 2. The lowest BCUT2D eigenvalue weighted by atomic mass is 9.88. The van der Waals surface area contributed by atoms with Crippen molar-refractivity contribution in [2.45, 2.75) is 51.5 Å². The van der Waals surface area contributed by atoms with E-state index in [1.807, 2.05) is 42.5 Å². The number of carbonyl (C=O) groups excluding carboxylic acids is 4. The summed E-state index contributed by atoms with van der Waals surface area (Å²) in [6.07, 6.45) is 3.17. The molecule has 2 aliphatic heterocycles. The molecule has 2 N–H and O–H groups in total. The molecular weight excluding hydrogens is 700 g/mol. The van der Waals surface area contributed by atoms with E-state index in [0.717, 1.165) is 46.6 Å². The van der Waals surface area contributed by atoms with E-state index in [4.69, 9.17) is 18.9 Å². The molecule has 1 fully saturated rings. The van der Waals surface area contributed by atoms with Crippen molar-refractivity contribution in [3.8, 4) is 17.2 Å². The topological polar surface area (TPSA) is 141 Å². The van der Waals surface area contributed by atoms with E-state index in [9.17, 15) is 24.3 Å². The molecule has 6 rings (SSSR count). The first-order valence-electron chi connectivity index (χ1n) is 18.8. The number of hydrogen-bond acceptors (Lipinski definition) is 9. The molecular formula is C44H46N2O9. The first kappa shape index (κ1) is 38.9. The molecule has 2 heterocycles. The Morgan fingerprint density at radius 3 is 1.85 bits per heavy atom. The zero-order valence-corrected chi connectivity index (χ0v) is 31.0. The van der Waals surface area contributed by atoms with Crippen molar-refractivity contribution >= 4 is 34.8 Å². The highest BCUT2D eigenvalue weighted by Crippen LogP contribution is 2.36. The Hall–Kier alpha value is -5.78. The minimum atomic E-state index is -1.00. The molecule has 11 heteroatoms. The Kier molecular flexibility index (Phi) is 13.5. The third-order valence-corrected chi connectivity index (χ3v) is 9.47. The van der Waals surface area contributed by atoms with Gasteiger partial charge in [-0.2, -0.15) is 0 Å². The Labute approximate surface area is 320 Å². The van der Waals surface area contributed by atoms with Crippen LogP contribution in [0.5, 0.6) is 17.2 Å².